The molecular weight excluding hydrogens is 552 g/mol. The molecule has 0 spiro atoms. The second-order valence-corrected chi connectivity index (χ2v) is 10.8. The van der Waals surface area contributed by atoms with E-state index in [4.69, 9.17) is 10.5 Å². The molecule has 0 bridgehead atoms. The van der Waals surface area contributed by atoms with Crippen molar-refractivity contribution in [3.63, 3.8) is 0 Å². The number of nitrogens with one attached hydrogen (secondary N) is 1. The molecule has 0 saturated carbocycles. The number of ether oxygens (including phenoxy) is 1. The number of unbranched alkanes of at least 4 members (excludes halogenated alkanes) is 6. The molecule has 0 aliphatic rings. The zero-order valence-electron chi connectivity index (χ0n) is 27.5. The fraction of sp³-hybridized carbons (Fsp3) is 0.595. The number of aliphatic carboxylic acids is 1. The maximum atomic E-state index is 12.5. The average molecular weight is 613 g/mol. The molecule has 0 saturated heterocycles. The highest BCUT2D eigenvalue weighted by Gasteiger charge is 2.18. The van der Waals surface area contributed by atoms with Gasteiger partial charge in [0.2, 0.25) is 5.91 Å². The Labute approximate surface area is 267 Å². The van der Waals surface area contributed by atoms with E-state index in [1.165, 1.54) is 0 Å². The van der Waals surface area contributed by atoms with Crippen LogP contribution in [0.4, 0.5) is 0 Å². The highest BCUT2D eigenvalue weighted by molar-refractivity contribution is 5.83. The molecule has 0 rings (SSSR count). The van der Waals surface area contributed by atoms with Gasteiger partial charge in [-0.3, -0.25) is 9.59 Å². The van der Waals surface area contributed by atoms with E-state index < -0.39 is 18.1 Å². The number of carbonyl (C=O) groups excluding carboxylic acids is 2. The van der Waals surface area contributed by atoms with Crippen LogP contribution in [0.1, 0.15) is 123 Å². The van der Waals surface area contributed by atoms with E-state index in [1.807, 2.05) is 24.3 Å². The van der Waals surface area contributed by atoms with Crippen LogP contribution in [0, 0.1) is 0 Å². The number of hydrogen-bond acceptors (Lipinski definition) is 5. The number of carboxylic acid groups (broad SMARTS) is 1. The lowest BCUT2D eigenvalue weighted by molar-refractivity contribution is -0.145. The second-order valence-electron chi connectivity index (χ2n) is 10.8. The van der Waals surface area contributed by atoms with E-state index in [1.54, 1.807) is 0 Å². The van der Waals surface area contributed by atoms with Crippen molar-refractivity contribution < 1.29 is 24.2 Å². The smallest absolute Gasteiger partial charge is 0.326 e. The van der Waals surface area contributed by atoms with Gasteiger partial charge in [-0.25, -0.2) is 4.79 Å². The Hall–Kier alpha value is -3.19. The lowest BCUT2D eigenvalue weighted by atomic mass is 10.1. The standard InChI is InChI=1S/C37H60N2O5/c1-3-5-7-9-10-11-12-13-14-15-16-21-25-31-36(41)44-33(27-22-18-8-6-4-2)28-23-19-17-20-24-30-35(40)39-34(37(42)43)29-26-32-38/h5-8,10-11,13-14,22-23,27-28,33-34H,3-4,9,12,15-21,24-26,29-32,38H2,1-2H3,(H,39,40)(H,42,43)/b7-5-,8-6-,11-10-,14-13-,27-22-,28-23-. The van der Waals surface area contributed by atoms with Crippen LogP contribution in [-0.2, 0) is 19.1 Å². The monoisotopic (exact) mass is 612 g/mol. The Kier molecular flexibility index (Phi) is 29.0. The first-order valence-corrected chi connectivity index (χ1v) is 16.8. The summed E-state index contributed by atoms with van der Waals surface area (Å²) in [5.74, 6) is -1.45. The van der Waals surface area contributed by atoms with Crippen molar-refractivity contribution in [1.29, 1.82) is 0 Å². The Bertz CT molecular complexity index is 917. The number of hydrogen-bond donors (Lipinski definition) is 3. The van der Waals surface area contributed by atoms with E-state index >= 15 is 0 Å². The van der Waals surface area contributed by atoms with Gasteiger partial charge >= 0.3 is 11.9 Å². The van der Waals surface area contributed by atoms with Crippen molar-refractivity contribution in [3.8, 4) is 0 Å². The molecule has 1 amide bonds. The molecule has 0 radical (unpaired) electrons. The molecule has 0 aromatic heterocycles. The topological polar surface area (TPSA) is 119 Å². The van der Waals surface area contributed by atoms with Crippen molar-refractivity contribution in [3.05, 3.63) is 72.9 Å². The summed E-state index contributed by atoms with van der Waals surface area (Å²) < 4.78 is 5.74. The van der Waals surface area contributed by atoms with Gasteiger partial charge in [0.05, 0.1) is 0 Å². The van der Waals surface area contributed by atoms with E-state index in [-0.39, 0.29) is 11.9 Å². The van der Waals surface area contributed by atoms with Crippen LogP contribution in [0.5, 0.6) is 0 Å². The normalized spacial score (nSPS) is 13.7. The third-order valence-electron chi connectivity index (χ3n) is 6.73. The largest absolute Gasteiger partial charge is 0.480 e. The van der Waals surface area contributed by atoms with Crippen LogP contribution in [0.25, 0.3) is 0 Å². The first-order chi connectivity index (χ1) is 21.4. The highest BCUT2D eigenvalue weighted by Crippen LogP contribution is 2.10. The number of esters is 1. The third kappa shape index (κ3) is 27.6. The number of carbonyl (C=O) groups is 3. The summed E-state index contributed by atoms with van der Waals surface area (Å²) in [7, 11) is 0. The van der Waals surface area contributed by atoms with Gasteiger partial charge in [-0.1, -0.05) is 87.4 Å². The number of rotatable bonds is 28. The molecule has 7 heteroatoms. The van der Waals surface area contributed by atoms with Gasteiger partial charge in [0, 0.05) is 12.8 Å². The predicted octanol–water partition coefficient (Wildman–Crippen LogP) is 8.44. The fourth-order valence-corrected chi connectivity index (χ4v) is 4.24. The molecule has 248 valence electrons. The van der Waals surface area contributed by atoms with Gasteiger partial charge in [0.15, 0.2) is 0 Å². The summed E-state index contributed by atoms with van der Waals surface area (Å²) >= 11 is 0. The molecule has 0 heterocycles. The van der Waals surface area contributed by atoms with Crippen molar-refractivity contribution in [1.82, 2.24) is 5.32 Å². The minimum Gasteiger partial charge on any atom is -0.480 e. The lowest BCUT2D eigenvalue weighted by Crippen LogP contribution is -2.40. The maximum Gasteiger partial charge on any atom is 0.326 e. The molecule has 0 aromatic carbocycles. The van der Waals surface area contributed by atoms with E-state index in [0.717, 1.165) is 77.0 Å². The van der Waals surface area contributed by atoms with Gasteiger partial charge in [0.25, 0.3) is 0 Å². The Morgan fingerprint density at radius 1 is 0.682 bits per heavy atom. The molecule has 7 nitrogen and oxygen atoms in total. The van der Waals surface area contributed by atoms with Crippen molar-refractivity contribution in [2.45, 2.75) is 135 Å². The Morgan fingerprint density at radius 3 is 1.84 bits per heavy atom. The fourth-order valence-electron chi connectivity index (χ4n) is 4.24. The summed E-state index contributed by atoms with van der Waals surface area (Å²) in [6.07, 6.45) is 38.5. The number of amides is 1. The molecule has 44 heavy (non-hydrogen) atoms. The SMILES string of the molecule is CC/C=C\C/C=C\C/C=C\CCCCCC(=O)OC(/C=C\C/C=C\CC)/C=C\CCCCCC(=O)NC(CCCN)C(=O)O. The second kappa shape index (κ2) is 31.2. The zero-order chi connectivity index (χ0) is 32.5. The predicted molar refractivity (Wildman–Crippen MR) is 183 cm³/mol. The van der Waals surface area contributed by atoms with Crippen LogP contribution in [0.3, 0.4) is 0 Å². The summed E-state index contributed by atoms with van der Waals surface area (Å²) in [4.78, 5) is 35.9. The Balaban J connectivity index is 4.38. The van der Waals surface area contributed by atoms with Crippen LogP contribution in [0.2, 0.25) is 0 Å². The quantitative estimate of drug-likeness (QED) is 0.0463. The summed E-state index contributed by atoms with van der Waals surface area (Å²) in [5, 5.41) is 11.8. The molecule has 4 N–H and O–H groups in total. The molecule has 0 aliphatic carbocycles. The molecule has 0 aromatic rings. The molecule has 0 fully saturated rings. The maximum absolute atomic E-state index is 12.5. The first-order valence-electron chi connectivity index (χ1n) is 16.8. The van der Waals surface area contributed by atoms with E-state index in [9.17, 15) is 19.5 Å². The van der Waals surface area contributed by atoms with E-state index in [0.29, 0.717) is 38.6 Å². The zero-order valence-corrected chi connectivity index (χ0v) is 27.5. The number of nitrogens with two attached hydrogens (primary N) is 1. The van der Waals surface area contributed by atoms with Crippen molar-refractivity contribution in [2.75, 3.05) is 6.54 Å². The van der Waals surface area contributed by atoms with Crippen molar-refractivity contribution in [2.24, 2.45) is 5.73 Å². The molecule has 2 unspecified atom stereocenters. The van der Waals surface area contributed by atoms with Gasteiger partial charge in [0.1, 0.15) is 12.1 Å². The average Bonchev–Trinajstić information content (AvgIpc) is 3.00. The Morgan fingerprint density at radius 2 is 1.23 bits per heavy atom. The molecular formula is C37H60N2O5. The molecule has 2 atom stereocenters. The summed E-state index contributed by atoms with van der Waals surface area (Å²) in [6, 6.07) is -0.878. The van der Waals surface area contributed by atoms with Gasteiger partial charge < -0.3 is 20.9 Å². The van der Waals surface area contributed by atoms with Gasteiger partial charge in [-0.05, 0) is 102 Å². The molecule has 0 aliphatic heterocycles. The minimum absolute atomic E-state index is 0.177. The van der Waals surface area contributed by atoms with Gasteiger partial charge in [-0.15, -0.1) is 0 Å². The summed E-state index contributed by atoms with van der Waals surface area (Å²) in [6.45, 7) is 4.63. The van der Waals surface area contributed by atoms with Gasteiger partial charge in [-0.2, -0.15) is 0 Å². The van der Waals surface area contributed by atoms with Crippen LogP contribution >= 0.6 is 0 Å². The number of allylic oxidation sites excluding steroid dienone is 10. The van der Waals surface area contributed by atoms with Crippen LogP contribution in [0.15, 0.2) is 72.9 Å². The van der Waals surface area contributed by atoms with E-state index in [2.05, 4.69) is 67.8 Å². The third-order valence-corrected chi connectivity index (χ3v) is 6.73. The van der Waals surface area contributed by atoms with Crippen LogP contribution in [-0.4, -0.2) is 41.6 Å². The summed E-state index contributed by atoms with van der Waals surface area (Å²) in [5.41, 5.74) is 5.44. The van der Waals surface area contributed by atoms with Crippen molar-refractivity contribution >= 4 is 17.8 Å². The first kappa shape index (κ1) is 40.8. The highest BCUT2D eigenvalue weighted by atomic mass is 16.5. The van der Waals surface area contributed by atoms with Crippen LogP contribution < -0.4 is 11.1 Å². The lowest BCUT2D eigenvalue weighted by Gasteiger charge is -2.13. The minimum atomic E-state index is -1.03. The number of carboxylic acids is 1.